The van der Waals surface area contributed by atoms with E-state index in [1.807, 2.05) is 0 Å². The third kappa shape index (κ3) is 2.50. The first-order valence-electron chi connectivity index (χ1n) is 6.31. The van der Waals surface area contributed by atoms with E-state index in [9.17, 15) is 0 Å². The van der Waals surface area contributed by atoms with Crippen molar-refractivity contribution in [2.24, 2.45) is 0 Å². The molecule has 17 heavy (non-hydrogen) atoms. The van der Waals surface area contributed by atoms with Gasteiger partial charge in [0.25, 0.3) is 0 Å². The van der Waals surface area contributed by atoms with Crippen LogP contribution < -0.4 is 5.32 Å². The van der Waals surface area contributed by atoms with E-state index in [2.05, 4.69) is 52.5 Å². The monoisotopic (exact) mass is 246 g/mol. The molecular formula is C14H18N2S. The highest BCUT2D eigenvalue weighted by molar-refractivity contribution is 7.99. The lowest BCUT2D eigenvalue weighted by atomic mass is 10.2. The summed E-state index contributed by atoms with van der Waals surface area (Å²) in [6.07, 6.45) is 4.79. The summed E-state index contributed by atoms with van der Waals surface area (Å²) in [7, 11) is 0. The first-order valence-corrected chi connectivity index (χ1v) is 7.35. The molecule has 0 radical (unpaired) electrons. The van der Waals surface area contributed by atoms with Crippen LogP contribution in [0.4, 0.5) is 0 Å². The highest BCUT2D eigenvalue weighted by Gasteiger charge is 2.14. The zero-order valence-electron chi connectivity index (χ0n) is 9.91. The number of aromatic amines is 1. The number of benzene rings is 1. The molecule has 0 amide bonds. The summed E-state index contributed by atoms with van der Waals surface area (Å²) in [4.78, 5) is 3.35. The quantitative estimate of drug-likeness (QED) is 0.870. The van der Waals surface area contributed by atoms with Crippen molar-refractivity contribution in [1.29, 1.82) is 0 Å². The van der Waals surface area contributed by atoms with Crippen molar-refractivity contribution in [1.82, 2.24) is 10.3 Å². The number of H-pyrrole nitrogens is 1. The summed E-state index contributed by atoms with van der Waals surface area (Å²) in [6.45, 7) is 2.37. The minimum absolute atomic E-state index is 0.838. The summed E-state index contributed by atoms with van der Waals surface area (Å²) in [5, 5.41) is 5.64. The molecule has 0 atom stereocenters. The molecule has 0 bridgehead atoms. The van der Waals surface area contributed by atoms with Crippen LogP contribution in [-0.4, -0.2) is 23.3 Å². The average molecular weight is 246 g/mol. The van der Waals surface area contributed by atoms with Crippen LogP contribution in [0.5, 0.6) is 0 Å². The van der Waals surface area contributed by atoms with Gasteiger partial charge in [0.15, 0.2) is 0 Å². The van der Waals surface area contributed by atoms with Crippen LogP contribution >= 0.6 is 11.8 Å². The van der Waals surface area contributed by atoms with Crippen LogP contribution in [0.1, 0.15) is 18.4 Å². The van der Waals surface area contributed by atoms with Gasteiger partial charge in [-0.25, -0.2) is 0 Å². The number of piperidine rings is 1. The van der Waals surface area contributed by atoms with Crippen LogP contribution in [0.2, 0.25) is 0 Å². The molecule has 1 fully saturated rings. The SMILES string of the molecule is c1ccc2c(CSC3CCNCC3)c[nH]c2c1. The lowest BCUT2D eigenvalue weighted by Gasteiger charge is -2.21. The van der Waals surface area contributed by atoms with Crippen LogP contribution in [0, 0.1) is 0 Å². The van der Waals surface area contributed by atoms with Crippen LogP contribution in [0.25, 0.3) is 10.9 Å². The molecule has 0 unspecified atom stereocenters. The summed E-state index contributed by atoms with van der Waals surface area (Å²) < 4.78 is 0. The normalized spacial score (nSPS) is 17.6. The minimum Gasteiger partial charge on any atom is -0.361 e. The zero-order chi connectivity index (χ0) is 11.5. The Bertz CT molecular complexity index is 486. The molecule has 2 nitrogen and oxygen atoms in total. The molecule has 2 heterocycles. The Morgan fingerprint density at radius 2 is 2.00 bits per heavy atom. The molecule has 1 aromatic carbocycles. The highest BCUT2D eigenvalue weighted by Crippen LogP contribution is 2.27. The molecule has 1 aliphatic heterocycles. The van der Waals surface area contributed by atoms with Gasteiger partial charge in [0.2, 0.25) is 0 Å². The van der Waals surface area contributed by atoms with Gasteiger partial charge >= 0.3 is 0 Å². The largest absolute Gasteiger partial charge is 0.361 e. The summed E-state index contributed by atoms with van der Waals surface area (Å²) in [5.74, 6) is 1.13. The first kappa shape index (κ1) is 11.2. The fraction of sp³-hybridized carbons (Fsp3) is 0.429. The summed E-state index contributed by atoms with van der Waals surface area (Å²) in [5.41, 5.74) is 2.71. The number of rotatable bonds is 3. The predicted molar refractivity (Wildman–Crippen MR) is 75.5 cm³/mol. The number of fused-ring (bicyclic) bond motifs is 1. The van der Waals surface area contributed by atoms with Gasteiger partial charge in [-0.15, -0.1) is 0 Å². The molecule has 1 saturated heterocycles. The van der Waals surface area contributed by atoms with Crippen LogP contribution in [-0.2, 0) is 5.75 Å². The van der Waals surface area contributed by atoms with E-state index in [0.29, 0.717) is 0 Å². The lowest BCUT2D eigenvalue weighted by molar-refractivity contribution is 0.531. The molecule has 0 saturated carbocycles. The van der Waals surface area contributed by atoms with Gasteiger partial charge in [-0.1, -0.05) is 18.2 Å². The molecule has 1 aromatic heterocycles. The van der Waals surface area contributed by atoms with Crippen molar-refractivity contribution >= 4 is 22.7 Å². The fourth-order valence-corrected chi connectivity index (χ4v) is 3.64. The standard InChI is InChI=1S/C14H18N2S/c1-2-4-14-13(3-1)11(9-16-14)10-17-12-5-7-15-8-6-12/h1-4,9,12,15-16H,5-8,10H2. The summed E-state index contributed by atoms with van der Waals surface area (Å²) >= 11 is 2.11. The number of thioether (sulfide) groups is 1. The molecule has 2 aromatic rings. The third-order valence-electron chi connectivity index (χ3n) is 3.44. The van der Waals surface area contributed by atoms with E-state index in [1.165, 1.54) is 42.4 Å². The molecular weight excluding hydrogens is 228 g/mol. The van der Waals surface area contributed by atoms with E-state index < -0.39 is 0 Å². The summed E-state index contributed by atoms with van der Waals surface area (Å²) in [6, 6.07) is 8.57. The number of hydrogen-bond acceptors (Lipinski definition) is 2. The minimum atomic E-state index is 0.838. The predicted octanol–water partition coefficient (Wildman–Crippen LogP) is 3.15. The van der Waals surface area contributed by atoms with Crippen molar-refractivity contribution in [3.8, 4) is 0 Å². The Balaban J connectivity index is 1.68. The Morgan fingerprint density at radius 1 is 1.18 bits per heavy atom. The smallest absolute Gasteiger partial charge is 0.0457 e. The molecule has 0 spiro atoms. The van der Waals surface area contributed by atoms with Gasteiger partial charge in [0, 0.05) is 28.1 Å². The number of hydrogen-bond donors (Lipinski definition) is 2. The van der Waals surface area contributed by atoms with Crippen molar-refractivity contribution in [2.75, 3.05) is 13.1 Å². The Kier molecular flexibility index (Phi) is 3.39. The molecule has 90 valence electrons. The first-order chi connectivity index (χ1) is 8.43. The van der Waals surface area contributed by atoms with Crippen molar-refractivity contribution < 1.29 is 0 Å². The topological polar surface area (TPSA) is 27.8 Å². The Labute approximate surface area is 106 Å². The van der Waals surface area contributed by atoms with E-state index >= 15 is 0 Å². The van der Waals surface area contributed by atoms with Gasteiger partial charge in [0.1, 0.15) is 0 Å². The molecule has 2 N–H and O–H groups in total. The van der Waals surface area contributed by atoms with Crippen LogP contribution in [0.3, 0.4) is 0 Å². The highest BCUT2D eigenvalue weighted by atomic mass is 32.2. The van der Waals surface area contributed by atoms with Gasteiger partial charge in [-0.05, 0) is 37.6 Å². The van der Waals surface area contributed by atoms with E-state index in [0.717, 1.165) is 11.0 Å². The number of para-hydroxylation sites is 1. The zero-order valence-corrected chi connectivity index (χ0v) is 10.7. The van der Waals surface area contributed by atoms with Crippen LogP contribution in [0.15, 0.2) is 30.5 Å². The Hall–Kier alpha value is -0.930. The second-order valence-electron chi connectivity index (χ2n) is 4.62. The second-order valence-corrected chi connectivity index (χ2v) is 5.91. The van der Waals surface area contributed by atoms with Crippen molar-refractivity contribution in [3.05, 3.63) is 36.0 Å². The number of aromatic nitrogens is 1. The third-order valence-corrected chi connectivity index (χ3v) is 4.86. The number of nitrogens with one attached hydrogen (secondary N) is 2. The Morgan fingerprint density at radius 3 is 2.88 bits per heavy atom. The van der Waals surface area contributed by atoms with E-state index in [-0.39, 0.29) is 0 Å². The molecule has 0 aliphatic carbocycles. The second kappa shape index (κ2) is 5.15. The van der Waals surface area contributed by atoms with Gasteiger partial charge in [-0.2, -0.15) is 11.8 Å². The van der Waals surface area contributed by atoms with Gasteiger partial charge < -0.3 is 10.3 Å². The average Bonchev–Trinajstić information content (AvgIpc) is 2.81. The van der Waals surface area contributed by atoms with E-state index in [4.69, 9.17) is 0 Å². The fourth-order valence-electron chi connectivity index (χ4n) is 2.42. The maximum Gasteiger partial charge on any atom is 0.0457 e. The van der Waals surface area contributed by atoms with Gasteiger partial charge in [-0.3, -0.25) is 0 Å². The molecule has 3 rings (SSSR count). The maximum atomic E-state index is 3.42. The van der Waals surface area contributed by atoms with E-state index in [1.54, 1.807) is 0 Å². The van der Waals surface area contributed by atoms with Crippen molar-refractivity contribution in [2.45, 2.75) is 23.8 Å². The molecule has 1 aliphatic rings. The maximum absolute atomic E-state index is 3.42. The van der Waals surface area contributed by atoms with Gasteiger partial charge in [0.05, 0.1) is 0 Å². The molecule has 3 heteroatoms. The lowest BCUT2D eigenvalue weighted by Crippen LogP contribution is -2.29. The van der Waals surface area contributed by atoms with Crippen molar-refractivity contribution in [3.63, 3.8) is 0 Å².